The van der Waals surface area contributed by atoms with Crippen LogP contribution >= 0.6 is 0 Å². The van der Waals surface area contributed by atoms with Crippen LogP contribution in [0.2, 0.25) is 0 Å². The highest BCUT2D eigenvalue weighted by molar-refractivity contribution is 6.02. The standard InChI is InChI=1S/C25H27N5O3/c1-16-5-11-21(12-6-16)30-24(26)22(14-27-30)23(32)19-4-3-13-29(15-19)25(33)18-7-9-20(10-8-18)28-17(2)31/h5-12,14,19H,3-4,13,15,26H2,1-2H3,(H,28,31). The van der Waals surface area contributed by atoms with E-state index in [0.717, 1.165) is 17.7 Å². The summed E-state index contributed by atoms with van der Waals surface area (Å²) >= 11 is 0. The summed E-state index contributed by atoms with van der Waals surface area (Å²) in [5.74, 6) is -0.425. The zero-order valence-electron chi connectivity index (χ0n) is 18.7. The second-order valence-corrected chi connectivity index (χ2v) is 8.40. The third-order valence-corrected chi connectivity index (χ3v) is 5.88. The number of aryl methyl sites for hydroxylation is 1. The molecule has 1 atom stereocenters. The van der Waals surface area contributed by atoms with Crippen molar-refractivity contribution in [2.24, 2.45) is 5.92 Å². The number of nitrogen functional groups attached to an aromatic ring is 1. The molecule has 1 unspecified atom stereocenters. The number of hydrogen-bond donors (Lipinski definition) is 2. The molecule has 1 aromatic heterocycles. The Labute approximate surface area is 192 Å². The molecule has 1 fully saturated rings. The Morgan fingerprint density at radius 1 is 1.06 bits per heavy atom. The van der Waals surface area contributed by atoms with E-state index in [1.54, 1.807) is 33.8 Å². The predicted octanol–water partition coefficient (Wildman–Crippen LogP) is 3.46. The van der Waals surface area contributed by atoms with Gasteiger partial charge < -0.3 is 16.0 Å². The zero-order chi connectivity index (χ0) is 23.5. The number of nitrogens with two attached hydrogens (primary N) is 1. The average molecular weight is 446 g/mol. The number of hydrogen-bond acceptors (Lipinski definition) is 5. The first kappa shape index (κ1) is 22.3. The van der Waals surface area contributed by atoms with Gasteiger partial charge in [0.25, 0.3) is 5.91 Å². The number of carbonyl (C=O) groups excluding carboxylic acids is 3. The molecule has 1 aliphatic heterocycles. The maximum Gasteiger partial charge on any atom is 0.253 e. The Bertz CT molecular complexity index is 1180. The fourth-order valence-corrected chi connectivity index (χ4v) is 4.12. The summed E-state index contributed by atoms with van der Waals surface area (Å²) in [6.45, 7) is 4.36. The van der Waals surface area contributed by atoms with E-state index in [-0.39, 0.29) is 23.5 Å². The number of amides is 2. The van der Waals surface area contributed by atoms with Gasteiger partial charge in [0.2, 0.25) is 5.91 Å². The Hall–Kier alpha value is -3.94. The van der Waals surface area contributed by atoms with Crippen LogP contribution in [0.4, 0.5) is 11.5 Å². The summed E-state index contributed by atoms with van der Waals surface area (Å²) in [7, 11) is 0. The number of ketones is 1. The molecule has 0 aliphatic carbocycles. The lowest BCUT2D eigenvalue weighted by Crippen LogP contribution is -2.42. The van der Waals surface area contributed by atoms with Gasteiger partial charge in [0.1, 0.15) is 5.82 Å². The van der Waals surface area contributed by atoms with Crippen LogP contribution < -0.4 is 11.1 Å². The maximum absolute atomic E-state index is 13.3. The third kappa shape index (κ3) is 4.79. The van der Waals surface area contributed by atoms with E-state index in [1.807, 2.05) is 31.2 Å². The Morgan fingerprint density at radius 2 is 1.76 bits per heavy atom. The number of piperidine rings is 1. The Balaban J connectivity index is 1.47. The van der Waals surface area contributed by atoms with Gasteiger partial charge in [-0.3, -0.25) is 14.4 Å². The van der Waals surface area contributed by atoms with E-state index >= 15 is 0 Å². The number of anilines is 2. The van der Waals surface area contributed by atoms with E-state index in [4.69, 9.17) is 5.73 Å². The molecule has 8 heteroatoms. The summed E-state index contributed by atoms with van der Waals surface area (Å²) in [4.78, 5) is 39.2. The minimum atomic E-state index is -0.334. The topological polar surface area (TPSA) is 110 Å². The van der Waals surface area contributed by atoms with Crippen LogP contribution in [0, 0.1) is 12.8 Å². The number of nitrogens with zero attached hydrogens (tertiary/aromatic N) is 3. The summed E-state index contributed by atoms with van der Waals surface area (Å²) in [6.07, 6.45) is 2.94. The summed E-state index contributed by atoms with van der Waals surface area (Å²) in [5, 5.41) is 7.01. The maximum atomic E-state index is 13.3. The van der Waals surface area contributed by atoms with Crippen LogP contribution in [0.5, 0.6) is 0 Å². The number of carbonyl (C=O) groups is 3. The molecule has 2 aromatic carbocycles. The summed E-state index contributed by atoms with van der Waals surface area (Å²) < 4.78 is 1.56. The number of aromatic nitrogens is 2. The molecule has 33 heavy (non-hydrogen) atoms. The van der Waals surface area contributed by atoms with Crippen LogP contribution in [0.1, 0.15) is 46.0 Å². The minimum Gasteiger partial charge on any atom is -0.383 e. The molecule has 0 radical (unpaired) electrons. The molecule has 0 spiro atoms. The average Bonchev–Trinajstić information content (AvgIpc) is 3.20. The van der Waals surface area contributed by atoms with E-state index in [1.165, 1.54) is 13.1 Å². The van der Waals surface area contributed by atoms with Gasteiger partial charge in [-0.15, -0.1) is 0 Å². The highest BCUT2D eigenvalue weighted by Gasteiger charge is 2.31. The molecule has 170 valence electrons. The van der Waals surface area contributed by atoms with Crippen LogP contribution in [0.15, 0.2) is 54.7 Å². The Morgan fingerprint density at radius 3 is 2.42 bits per heavy atom. The lowest BCUT2D eigenvalue weighted by atomic mass is 9.90. The van der Waals surface area contributed by atoms with Crippen molar-refractivity contribution in [2.45, 2.75) is 26.7 Å². The smallest absolute Gasteiger partial charge is 0.253 e. The first-order chi connectivity index (χ1) is 15.8. The second-order valence-electron chi connectivity index (χ2n) is 8.40. The lowest BCUT2D eigenvalue weighted by molar-refractivity contribution is -0.114. The van der Waals surface area contributed by atoms with Gasteiger partial charge in [-0.25, -0.2) is 4.68 Å². The molecular weight excluding hydrogens is 418 g/mol. The monoisotopic (exact) mass is 445 g/mol. The molecule has 1 aliphatic rings. The number of benzene rings is 2. The third-order valence-electron chi connectivity index (χ3n) is 5.88. The SMILES string of the molecule is CC(=O)Nc1ccc(C(=O)N2CCCC(C(=O)c3cnn(-c4ccc(C)cc4)c3N)C2)cc1. The van der Waals surface area contributed by atoms with Crippen LogP contribution in [0.3, 0.4) is 0 Å². The first-order valence-electron chi connectivity index (χ1n) is 10.9. The van der Waals surface area contributed by atoms with Gasteiger partial charge in [0.05, 0.1) is 17.4 Å². The summed E-state index contributed by atoms with van der Waals surface area (Å²) in [6, 6.07) is 14.5. The van der Waals surface area contributed by atoms with Crippen LogP contribution in [-0.4, -0.2) is 45.4 Å². The van der Waals surface area contributed by atoms with Gasteiger partial charge in [-0.05, 0) is 56.2 Å². The highest BCUT2D eigenvalue weighted by atomic mass is 16.2. The van der Waals surface area contributed by atoms with Crippen molar-refractivity contribution in [3.8, 4) is 5.69 Å². The molecular formula is C25H27N5O3. The number of likely N-dealkylation sites (tertiary alicyclic amines) is 1. The van der Waals surface area contributed by atoms with Gasteiger partial charge in [0.15, 0.2) is 5.78 Å². The van der Waals surface area contributed by atoms with Crippen molar-refractivity contribution in [2.75, 3.05) is 24.1 Å². The normalized spacial score (nSPS) is 15.8. The van der Waals surface area contributed by atoms with Crippen LogP contribution in [-0.2, 0) is 4.79 Å². The van der Waals surface area contributed by atoms with Gasteiger partial charge in [-0.2, -0.15) is 5.10 Å². The molecule has 3 aromatic rings. The molecule has 1 saturated heterocycles. The predicted molar refractivity (Wildman–Crippen MR) is 126 cm³/mol. The van der Waals surface area contributed by atoms with Crippen molar-refractivity contribution >= 4 is 29.1 Å². The van der Waals surface area contributed by atoms with Crippen molar-refractivity contribution in [1.29, 1.82) is 0 Å². The lowest BCUT2D eigenvalue weighted by Gasteiger charge is -2.32. The Kier molecular flexibility index (Phi) is 6.26. The second kappa shape index (κ2) is 9.28. The van der Waals surface area contributed by atoms with E-state index < -0.39 is 0 Å². The quantitative estimate of drug-likeness (QED) is 0.585. The molecule has 0 bridgehead atoms. The van der Waals surface area contributed by atoms with E-state index in [9.17, 15) is 14.4 Å². The van der Waals surface area contributed by atoms with Crippen LogP contribution in [0.25, 0.3) is 5.69 Å². The molecule has 0 saturated carbocycles. The van der Waals surface area contributed by atoms with Crippen molar-refractivity contribution in [1.82, 2.24) is 14.7 Å². The number of Topliss-reactive ketones (excluding diaryl/α,β-unsaturated/α-hetero) is 1. The van der Waals surface area contributed by atoms with E-state index in [2.05, 4.69) is 10.4 Å². The molecule has 2 heterocycles. The fourth-order valence-electron chi connectivity index (χ4n) is 4.12. The molecule has 4 rings (SSSR count). The molecule has 3 N–H and O–H groups in total. The van der Waals surface area contributed by atoms with Crippen molar-refractivity contribution in [3.05, 3.63) is 71.4 Å². The largest absolute Gasteiger partial charge is 0.383 e. The van der Waals surface area contributed by atoms with Gasteiger partial charge in [-0.1, -0.05) is 17.7 Å². The number of nitrogens with one attached hydrogen (secondary N) is 1. The fraction of sp³-hybridized carbons (Fsp3) is 0.280. The van der Waals surface area contributed by atoms with Gasteiger partial charge in [0, 0.05) is 37.2 Å². The number of rotatable bonds is 5. The minimum absolute atomic E-state index is 0.0932. The first-order valence-corrected chi connectivity index (χ1v) is 10.9. The van der Waals surface area contributed by atoms with Gasteiger partial charge >= 0.3 is 0 Å². The molecule has 2 amide bonds. The highest BCUT2D eigenvalue weighted by Crippen LogP contribution is 2.26. The molecule has 8 nitrogen and oxygen atoms in total. The zero-order valence-corrected chi connectivity index (χ0v) is 18.7. The van der Waals surface area contributed by atoms with E-state index in [0.29, 0.717) is 42.1 Å². The summed E-state index contributed by atoms with van der Waals surface area (Å²) in [5.41, 5.74) is 9.73. The van der Waals surface area contributed by atoms with Crippen molar-refractivity contribution in [3.63, 3.8) is 0 Å². The van der Waals surface area contributed by atoms with Crippen molar-refractivity contribution < 1.29 is 14.4 Å².